The van der Waals surface area contributed by atoms with Crippen molar-refractivity contribution >= 4 is 11.9 Å². The molecule has 1 N–H and O–H groups in total. The topological polar surface area (TPSA) is 82.1 Å². The van der Waals surface area contributed by atoms with Gasteiger partial charge in [-0.25, -0.2) is 9.59 Å². The first-order valence-electron chi connectivity index (χ1n) is 7.61. The predicted molar refractivity (Wildman–Crippen MR) is 82.0 cm³/mol. The van der Waals surface area contributed by atoms with Crippen LogP contribution in [0.5, 0.6) is 0 Å². The van der Waals surface area contributed by atoms with Crippen LogP contribution in [0, 0.1) is 5.92 Å². The molecule has 23 heavy (non-hydrogen) atoms. The highest BCUT2D eigenvalue weighted by Crippen LogP contribution is 2.37. The van der Waals surface area contributed by atoms with E-state index in [4.69, 9.17) is 14.2 Å². The number of benzene rings is 1. The van der Waals surface area contributed by atoms with Crippen molar-refractivity contribution < 1.29 is 28.9 Å². The van der Waals surface area contributed by atoms with E-state index in [-0.39, 0.29) is 17.6 Å². The summed E-state index contributed by atoms with van der Waals surface area (Å²) in [7, 11) is 1.37. The van der Waals surface area contributed by atoms with E-state index in [1.165, 1.54) is 7.11 Å². The van der Waals surface area contributed by atoms with Crippen LogP contribution in [0.25, 0.3) is 0 Å². The van der Waals surface area contributed by atoms with Crippen molar-refractivity contribution in [3.8, 4) is 0 Å². The van der Waals surface area contributed by atoms with E-state index in [0.717, 1.165) is 6.42 Å². The molecule has 4 unspecified atom stereocenters. The van der Waals surface area contributed by atoms with Gasteiger partial charge < -0.3 is 19.3 Å². The van der Waals surface area contributed by atoms with Gasteiger partial charge in [0.25, 0.3) is 6.10 Å². The van der Waals surface area contributed by atoms with Crippen molar-refractivity contribution in [3.63, 3.8) is 0 Å². The first kappa shape index (κ1) is 17.4. The number of rotatable bonds is 5. The lowest BCUT2D eigenvalue weighted by Crippen LogP contribution is -2.57. The van der Waals surface area contributed by atoms with Gasteiger partial charge in [0.05, 0.1) is 11.7 Å². The molecule has 0 amide bonds. The molecule has 0 radical (unpaired) electrons. The highest BCUT2D eigenvalue weighted by atomic mass is 16.7. The number of ether oxygens (including phenoxy) is 3. The number of methoxy groups -OCH3 is 1. The predicted octanol–water partition coefficient (Wildman–Crippen LogP) is 2.47. The molecule has 1 aliphatic heterocycles. The number of hydrogen-bond acceptors (Lipinski definition) is 5. The van der Waals surface area contributed by atoms with Crippen LogP contribution in [0.3, 0.4) is 0 Å². The second-order valence-corrected chi connectivity index (χ2v) is 5.84. The first-order chi connectivity index (χ1) is 10.9. The molecular formula is C17H22O6. The van der Waals surface area contributed by atoms with Crippen LogP contribution in [0.1, 0.15) is 37.0 Å². The van der Waals surface area contributed by atoms with Gasteiger partial charge in [-0.05, 0) is 31.4 Å². The summed E-state index contributed by atoms with van der Waals surface area (Å²) in [5.74, 6) is -3.21. The SMILES string of the molecule is COC1(C(OC(=O)c2ccccc2)C(=O)O)CCC(C)C(C)O1. The Hall–Kier alpha value is -1.92. The van der Waals surface area contributed by atoms with Gasteiger partial charge in [0.2, 0.25) is 5.79 Å². The van der Waals surface area contributed by atoms with Crippen molar-refractivity contribution in [3.05, 3.63) is 35.9 Å². The van der Waals surface area contributed by atoms with Gasteiger partial charge in [0.15, 0.2) is 0 Å². The van der Waals surface area contributed by atoms with Crippen LogP contribution in [0.4, 0.5) is 0 Å². The van der Waals surface area contributed by atoms with Crippen molar-refractivity contribution in [2.45, 2.75) is 44.7 Å². The van der Waals surface area contributed by atoms with Crippen LogP contribution >= 0.6 is 0 Å². The molecular weight excluding hydrogens is 300 g/mol. The average molecular weight is 322 g/mol. The van der Waals surface area contributed by atoms with Crippen LogP contribution in [-0.4, -0.2) is 42.1 Å². The molecule has 1 saturated heterocycles. The lowest BCUT2D eigenvalue weighted by atomic mass is 9.89. The normalized spacial score (nSPS) is 28.8. The summed E-state index contributed by atoms with van der Waals surface area (Å²) in [4.78, 5) is 23.9. The summed E-state index contributed by atoms with van der Waals surface area (Å²) in [6.07, 6.45) is -0.661. The highest BCUT2D eigenvalue weighted by Gasteiger charge is 2.51. The highest BCUT2D eigenvalue weighted by molar-refractivity contribution is 5.91. The van der Waals surface area contributed by atoms with Gasteiger partial charge in [0, 0.05) is 13.5 Å². The van der Waals surface area contributed by atoms with Gasteiger partial charge in [-0.15, -0.1) is 0 Å². The van der Waals surface area contributed by atoms with E-state index < -0.39 is 23.8 Å². The maximum atomic E-state index is 12.2. The molecule has 1 aliphatic rings. The summed E-state index contributed by atoms with van der Waals surface area (Å²) in [5, 5.41) is 9.53. The summed E-state index contributed by atoms with van der Waals surface area (Å²) < 4.78 is 16.4. The maximum absolute atomic E-state index is 12.2. The maximum Gasteiger partial charge on any atom is 0.350 e. The second-order valence-electron chi connectivity index (χ2n) is 5.84. The standard InChI is InChI=1S/C17H22O6/c1-11-9-10-17(21-3,23-12(11)2)14(15(18)19)22-16(20)13-7-5-4-6-8-13/h4-8,11-12,14H,9-10H2,1-3H3,(H,18,19). The van der Waals surface area contributed by atoms with Crippen molar-refractivity contribution in [2.75, 3.05) is 7.11 Å². The minimum Gasteiger partial charge on any atom is -0.478 e. The zero-order chi connectivity index (χ0) is 17.0. The Morgan fingerprint density at radius 2 is 1.96 bits per heavy atom. The molecule has 126 valence electrons. The molecule has 4 atom stereocenters. The number of carbonyl (C=O) groups excluding carboxylic acids is 1. The van der Waals surface area contributed by atoms with Gasteiger partial charge in [-0.1, -0.05) is 25.1 Å². The van der Waals surface area contributed by atoms with Gasteiger partial charge in [0.1, 0.15) is 0 Å². The first-order valence-corrected chi connectivity index (χ1v) is 7.61. The van der Waals surface area contributed by atoms with Gasteiger partial charge >= 0.3 is 11.9 Å². The van der Waals surface area contributed by atoms with Crippen molar-refractivity contribution in [1.29, 1.82) is 0 Å². The Morgan fingerprint density at radius 1 is 1.30 bits per heavy atom. The van der Waals surface area contributed by atoms with E-state index in [0.29, 0.717) is 6.42 Å². The minimum atomic E-state index is -1.53. The molecule has 0 saturated carbocycles. The smallest absolute Gasteiger partial charge is 0.350 e. The number of carboxylic acids is 1. The third-order valence-electron chi connectivity index (χ3n) is 4.34. The molecule has 2 rings (SSSR count). The monoisotopic (exact) mass is 322 g/mol. The number of hydrogen-bond donors (Lipinski definition) is 1. The molecule has 1 aromatic rings. The number of carbonyl (C=O) groups is 2. The Bertz CT molecular complexity index is 557. The third-order valence-corrected chi connectivity index (χ3v) is 4.34. The van der Waals surface area contributed by atoms with Crippen LogP contribution in [-0.2, 0) is 19.0 Å². The largest absolute Gasteiger partial charge is 0.478 e. The zero-order valence-corrected chi connectivity index (χ0v) is 13.5. The Morgan fingerprint density at radius 3 is 2.48 bits per heavy atom. The molecule has 0 aliphatic carbocycles. The van der Waals surface area contributed by atoms with Crippen molar-refractivity contribution in [2.24, 2.45) is 5.92 Å². The Kier molecular flexibility index (Phi) is 5.38. The van der Waals surface area contributed by atoms with Crippen LogP contribution in [0.2, 0.25) is 0 Å². The second kappa shape index (κ2) is 7.10. The quantitative estimate of drug-likeness (QED) is 0.839. The van der Waals surface area contributed by atoms with E-state index in [1.807, 2.05) is 13.8 Å². The van der Waals surface area contributed by atoms with Gasteiger partial charge in [-0.2, -0.15) is 0 Å². The summed E-state index contributed by atoms with van der Waals surface area (Å²) in [6.45, 7) is 3.88. The molecule has 0 aromatic heterocycles. The average Bonchev–Trinajstić information content (AvgIpc) is 2.56. The fraction of sp³-hybridized carbons (Fsp3) is 0.529. The molecule has 1 aromatic carbocycles. The molecule has 1 heterocycles. The van der Waals surface area contributed by atoms with Crippen LogP contribution < -0.4 is 0 Å². The number of carboxylic acid groups (broad SMARTS) is 1. The molecule has 6 nitrogen and oxygen atoms in total. The molecule has 1 fully saturated rings. The fourth-order valence-electron chi connectivity index (χ4n) is 2.68. The summed E-state index contributed by atoms with van der Waals surface area (Å²) >= 11 is 0. The molecule has 0 bridgehead atoms. The Balaban J connectivity index is 2.23. The van der Waals surface area contributed by atoms with E-state index in [9.17, 15) is 14.7 Å². The lowest BCUT2D eigenvalue weighted by Gasteiger charge is -2.43. The van der Waals surface area contributed by atoms with E-state index in [2.05, 4.69) is 0 Å². The molecule has 0 spiro atoms. The lowest BCUT2D eigenvalue weighted by molar-refractivity contribution is -0.310. The molecule has 6 heteroatoms. The van der Waals surface area contributed by atoms with E-state index >= 15 is 0 Å². The van der Waals surface area contributed by atoms with Crippen molar-refractivity contribution in [1.82, 2.24) is 0 Å². The van der Waals surface area contributed by atoms with E-state index in [1.54, 1.807) is 30.3 Å². The number of esters is 1. The van der Waals surface area contributed by atoms with Gasteiger partial charge in [-0.3, -0.25) is 0 Å². The Labute approximate surface area is 135 Å². The third kappa shape index (κ3) is 3.71. The van der Waals surface area contributed by atoms with Crippen LogP contribution in [0.15, 0.2) is 30.3 Å². The summed E-state index contributed by atoms with van der Waals surface area (Å²) in [6, 6.07) is 8.24. The fourth-order valence-corrected chi connectivity index (χ4v) is 2.68. The summed E-state index contributed by atoms with van der Waals surface area (Å²) in [5.41, 5.74) is 0.280. The number of aliphatic carboxylic acids is 1. The minimum absolute atomic E-state index is 0.194. The zero-order valence-electron chi connectivity index (χ0n) is 13.5.